The Kier molecular flexibility index (Phi) is 6.03. The average molecular weight is 368 g/mol. The predicted molar refractivity (Wildman–Crippen MR) is 91.3 cm³/mol. The Morgan fingerprint density at radius 1 is 1.32 bits per heavy atom. The van der Waals surface area contributed by atoms with Gasteiger partial charge in [-0.05, 0) is 23.8 Å². The first kappa shape index (κ1) is 18.8. The summed E-state index contributed by atoms with van der Waals surface area (Å²) in [4.78, 5) is 15.2. The highest BCUT2D eigenvalue weighted by Gasteiger charge is 2.22. The van der Waals surface area contributed by atoms with Crippen LogP contribution in [0.4, 0.5) is 8.78 Å². The summed E-state index contributed by atoms with van der Waals surface area (Å²) in [6.45, 7) is 4.16. The van der Waals surface area contributed by atoms with Gasteiger partial charge in [-0.2, -0.15) is 5.10 Å². The van der Waals surface area contributed by atoms with Crippen molar-refractivity contribution in [3.63, 3.8) is 0 Å². The minimum atomic E-state index is -2.94. The van der Waals surface area contributed by atoms with Crippen molar-refractivity contribution in [2.75, 3.05) is 0 Å². The minimum absolute atomic E-state index is 0.162. The molecule has 0 saturated heterocycles. The van der Waals surface area contributed by atoms with E-state index in [-0.39, 0.29) is 6.54 Å². The van der Waals surface area contributed by atoms with Crippen LogP contribution >= 0.6 is 11.6 Å². The Balaban J connectivity index is 0.00000109. The van der Waals surface area contributed by atoms with Crippen molar-refractivity contribution >= 4 is 28.5 Å². The van der Waals surface area contributed by atoms with Crippen LogP contribution in [-0.2, 0) is 6.54 Å². The molecule has 0 aliphatic heterocycles. The van der Waals surface area contributed by atoms with Gasteiger partial charge in [-0.1, -0.05) is 31.5 Å². The fourth-order valence-corrected chi connectivity index (χ4v) is 2.45. The van der Waals surface area contributed by atoms with Crippen LogP contribution in [0.25, 0.3) is 10.9 Å². The van der Waals surface area contributed by atoms with Gasteiger partial charge in [0.1, 0.15) is 11.3 Å². The van der Waals surface area contributed by atoms with Gasteiger partial charge in [-0.15, -0.1) is 0 Å². The third-order valence-electron chi connectivity index (χ3n) is 3.28. The second kappa shape index (κ2) is 8.02. The summed E-state index contributed by atoms with van der Waals surface area (Å²) in [5.41, 5.74) is 0.286. The maximum absolute atomic E-state index is 12.8. The third-order valence-corrected chi connectivity index (χ3v) is 3.49. The standard InChI is InChI=1S/C15H10ClF2N3O2.C2H6/c16-10-4-9-3-8(1-2-12(9)19-5-10)6-21-7-11(15(22)23)13(20-21)14(17)18;1-2/h1-5,7,14H,6H2,(H,22,23);1-2H3. The zero-order chi connectivity index (χ0) is 18.6. The molecule has 5 nitrogen and oxygen atoms in total. The van der Waals surface area contributed by atoms with E-state index in [1.54, 1.807) is 24.3 Å². The molecule has 25 heavy (non-hydrogen) atoms. The molecule has 0 spiro atoms. The fourth-order valence-electron chi connectivity index (χ4n) is 2.28. The molecule has 0 radical (unpaired) electrons. The molecular weight excluding hydrogens is 352 g/mol. The van der Waals surface area contributed by atoms with Crippen molar-refractivity contribution < 1.29 is 18.7 Å². The van der Waals surface area contributed by atoms with Gasteiger partial charge >= 0.3 is 5.97 Å². The van der Waals surface area contributed by atoms with Gasteiger partial charge in [0.05, 0.1) is 17.1 Å². The Labute approximate surface area is 147 Å². The molecule has 132 valence electrons. The van der Waals surface area contributed by atoms with Crippen molar-refractivity contribution in [3.8, 4) is 0 Å². The van der Waals surface area contributed by atoms with Crippen molar-refractivity contribution in [3.05, 3.63) is 58.5 Å². The van der Waals surface area contributed by atoms with E-state index in [1.807, 2.05) is 13.8 Å². The summed E-state index contributed by atoms with van der Waals surface area (Å²) < 4.78 is 26.8. The van der Waals surface area contributed by atoms with Crippen LogP contribution in [0, 0.1) is 0 Å². The average Bonchev–Trinajstić information content (AvgIpc) is 3.01. The van der Waals surface area contributed by atoms with E-state index in [1.165, 1.54) is 10.9 Å². The molecule has 0 aliphatic rings. The highest BCUT2D eigenvalue weighted by molar-refractivity contribution is 6.31. The minimum Gasteiger partial charge on any atom is -0.478 e. The maximum Gasteiger partial charge on any atom is 0.339 e. The topological polar surface area (TPSA) is 68.0 Å². The number of alkyl halides is 2. The largest absolute Gasteiger partial charge is 0.478 e. The van der Waals surface area contributed by atoms with Crippen molar-refractivity contribution in [1.82, 2.24) is 14.8 Å². The summed E-state index contributed by atoms with van der Waals surface area (Å²) >= 11 is 5.90. The van der Waals surface area contributed by atoms with Crippen LogP contribution in [0.1, 0.15) is 41.9 Å². The van der Waals surface area contributed by atoms with Gasteiger partial charge in [0, 0.05) is 17.8 Å². The number of carbonyl (C=O) groups is 1. The molecular formula is C17H16ClF2N3O2. The molecule has 0 unspecified atom stereocenters. The third kappa shape index (κ3) is 4.30. The lowest BCUT2D eigenvalue weighted by atomic mass is 10.1. The highest BCUT2D eigenvalue weighted by atomic mass is 35.5. The lowest BCUT2D eigenvalue weighted by molar-refractivity contribution is 0.0684. The first-order valence-electron chi connectivity index (χ1n) is 7.57. The Bertz CT molecular complexity index is 897. The van der Waals surface area contributed by atoms with Crippen LogP contribution in [0.2, 0.25) is 5.02 Å². The second-order valence-corrected chi connectivity index (χ2v) is 5.35. The second-order valence-electron chi connectivity index (χ2n) is 4.91. The van der Waals surface area contributed by atoms with Crippen molar-refractivity contribution in [2.45, 2.75) is 26.8 Å². The molecule has 2 aromatic heterocycles. The summed E-state index contributed by atoms with van der Waals surface area (Å²) in [5.74, 6) is -1.43. The quantitative estimate of drug-likeness (QED) is 0.719. The molecule has 0 atom stereocenters. The normalized spacial score (nSPS) is 10.6. The van der Waals surface area contributed by atoms with E-state index in [9.17, 15) is 13.6 Å². The molecule has 1 aromatic carbocycles. The molecule has 0 bridgehead atoms. The predicted octanol–water partition coefficient (Wildman–Crippen LogP) is 4.80. The van der Waals surface area contributed by atoms with E-state index in [2.05, 4.69) is 10.1 Å². The monoisotopic (exact) mass is 367 g/mol. The molecule has 0 fully saturated rings. The molecule has 0 aliphatic carbocycles. The van der Waals surface area contributed by atoms with E-state index >= 15 is 0 Å². The molecule has 0 saturated carbocycles. The van der Waals surface area contributed by atoms with Gasteiger partial charge in [0.2, 0.25) is 0 Å². The van der Waals surface area contributed by atoms with Gasteiger partial charge < -0.3 is 5.11 Å². The number of hydrogen-bond acceptors (Lipinski definition) is 3. The smallest absolute Gasteiger partial charge is 0.339 e. The number of fused-ring (bicyclic) bond motifs is 1. The first-order valence-corrected chi connectivity index (χ1v) is 7.95. The van der Waals surface area contributed by atoms with E-state index in [0.29, 0.717) is 5.02 Å². The number of rotatable bonds is 4. The lowest BCUT2D eigenvalue weighted by Crippen LogP contribution is -2.01. The van der Waals surface area contributed by atoms with Gasteiger partial charge in [-0.3, -0.25) is 9.67 Å². The Morgan fingerprint density at radius 3 is 2.64 bits per heavy atom. The van der Waals surface area contributed by atoms with Crippen LogP contribution in [0.3, 0.4) is 0 Å². The fraction of sp³-hybridized carbons (Fsp3) is 0.235. The van der Waals surface area contributed by atoms with E-state index in [4.69, 9.17) is 16.7 Å². The zero-order valence-corrected chi connectivity index (χ0v) is 14.3. The number of nitrogens with zero attached hydrogens (tertiary/aromatic N) is 3. The molecule has 8 heteroatoms. The molecule has 3 aromatic rings. The number of benzene rings is 1. The highest BCUT2D eigenvalue weighted by Crippen LogP contribution is 2.23. The number of pyridine rings is 1. The van der Waals surface area contributed by atoms with Gasteiger partial charge in [0.15, 0.2) is 0 Å². The number of carboxylic acids is 1. The van der Waals surface area contributed by atoms with E-state index in [0.717, 1.165) is 22.7 Å². The van der Waals surface area contributed by atoms with Crippen LogP contribution in [0.5, 0.6) is 0 Å². The summed E-state index contributed by atoms with van der Waals surface area (Å²) in [6, 6.07) is 7.09. The lowest BCUT2D eigenvalue weighted by Gasteiger charge is -2.04. The van der Waals surface area contributed by atoms with Crippen LogP contribution in [0.15, 0.2) is 36.7 Å². The summed E-state index contributed by atoms with van der Waals surface area (Å²) in [6.07, 6.45) is -0.308. The maximum atomic E-state index is 12.8. The van der Waals surface area contributed by atoms with Crippen molar-refractivity contribution in [1.29, 1.82) is 0 Å². The Morgan fingerprint density at radius 2 is 2.04 bits per heavy atom. The van der Waals surface area contributed by atoms with Crippen molar-refractivity contribution in [2.24, 2.45) is 0 Å². The molecule has 3 rings (SSSR count). The van der Waals surface area contributed by atoms with Gasteiger partial charge in [-0.25, -0.2) is 13.6 Å². The number of hydrogen-bond donors (Lipinski definition) is 1. The van der Waals surface area contributed by atoms with Crippen LogP contribution < -0.4 is 0 Å². The van der Waals surface area contributed by atoms with E-state index < -0.39 is 23.7 Å². The Hall–Kier alpha value is -2.54. The van der Waals surface area contributed by atoms with Gasteiger partial charge in [0.25, 0.3) is 6.43 Å². The SMILES string of the molecule is CC.O=C(O)c1cn(Cc2ccc3ncc(Cl)cc3c2)nc1C(F)F. The first-order chi connectivity index (χ1) is 11.9. The number of aromatic nitrogens is 3. The molecule has 1 N–H and O–H groups in total. The number of halogens is 3. The molecule has 2 heterocycles. The van der Waals surface area contributed by atoms with Crippen LogP contribution in [-0.4, -0.2) is 25.8 Å². The number of carboxylic acid groups (broad SMARTS) is 1. The number of aromatic carboxylic acids is 1. The summed E-state index contributed by atoms with van der Waals surface area (Å²) in [5, 5.41) is 13.9. The summed E-state index contributed by atoms with van der Waals surface area (Å²) in [7, 11) is 0. The molecule has 0 amide bonds. The zero-order valence-electron chi connectivity index (χ0n) is 13.6.